The summed E-state index contributed by atoms with van der Waals surface area (Å²) in [6.07, 6.45) is 0. The van der Waals surface area contributed by atoms with E-state index in [1.807, 2.05) is 6.92 Å². The molecule has 2 unspecified atom stereocenters. The van der Waals surface area contributed by atoms with E-state index >= 15 is 0 Å². The first-order valence-electron chi connectivity index (χ1n) is 6.40. The van der Waals surface area contributed by atoms with Crippen LogP contribution in [0.5, 0.6) is 0 Å². The molecule has 0 aliphatic carbocycles. The minimum Gasteiger partial charge on any atom is -0.469 e. The van der Waals surface area contributed by atoms with Crippen molar-refractivity contribution < 1.29 is 17.9 Å². The zero-order chi connectivity index (χ0) is 15.8. The van der Waals surface area contributed by atoms with E-state index < -0.39 is 15.9 Å². The van der Waals surface area contributed by atoms with Gasteiger partial charge < -0.3 is 10.5 Å². The van der Waals surface area contributed by atoms with Crippen LogP contribution in [0.2, 0.25) is 0 Å². The van der Waals surface area contributed by atoms with Crippen LogP contribution in [-0.2, 0) is 19.6 Å². The number of ether oxygens (including phenoxy) is 1. The maximum Gasteiger partial charge on any atom is 0.310 e. The van der Waals surface area contributed by atoms with Gasteiger partial charge in [-0.05, 0) is 40.0 Å². The van der Waals surface area contributed by atoms with Crippen molar-refractivity contribution in [3.05, 3.63) is 22.7 Å². The molecule has 6 nitrogen and oxygen atoms in total. The summed E-state index contributed by atoms with van der Waals surface area (Å²) in [6.45, 7) is 2.26. The van der Waals surface area contributed by atoms with E-state index in [9.17, 15) is 13.2 Å². The molecule has 1 fully saturated rings. The molecule has 0 spiro atoms. The van der Waals surface area contributed by atoms with E-state index in [4.69, 9.17) is 10.5 Å². The molecule has 8 heteroatoms. The van der Waals surface area contributed by atoms with E-state index in [1.54, 1.807) is 6.07 Å². The number of hydrogen-bond acceptors (Lipinski definition) is 5. The van der Waals surface area contributed by atoms with Gasteiger partial charge >= 0.3 is 5.97 Å². The van der Waals surface area contributed by atoms with Gasteiger partial charge in [0.25, 0.3) is 0 Å². The Kier molecular flexibility index (Phi) is 4.60. The number of benzene rings is 1. The molecule has 1 heterocycles. The molecule has 1 aromatic rings. The number of sulfonamides is 1. The third kappa shape index (κ3) is 3.07. The molecule has 1 saturated heterocycles. The number of halogens is 1. The number of carbonyl (C=O) groups excluding carboxylic acids is 1. The van der Waals surface area contributed by atoms with Crippen LogP contribution >= 0.6 is 15.9 Å². The van der Waals surface area contributed by atoms with Crippen LogP contribution in [-0.4, -0.2) is 38.9 Å². The summed E-state index contributed by atoms with van der Waals surface area (Å²) < 4.78 is 31.8. The SMILES string of the molecule is COC(=O)C1CN(S(=O)(=O)c2ccc(N)cc2Br)CC1C. The molecule has 0 radical (unpaired) electrons. The van der Waals surface area contributed by atoms with Crippen molar-refractivity contribution in [2.45, 2.75) is 11.8 Å². The Hall–Kier alpha value is -1.12. The molecule has 1 aromatic carbocycles. The average molecular weight is 377 g/mol. The second-order valence-electron chi connectivity index (χ2n) is 5.12. The standard InChI is InChI=1S/C13H17BrN2O4S/c1-8-6-16(7-10(8)13(17)20-2)21(18,19)12-4-3-9(15)5-11(12)14/h3-5,8,10H,6-7,15H2,1-2H3. The summed E-state index contributed by atoms with van der Waals surface area (Å²) in [5, 5.41) is 0. The molecule has 0 amide bonds. The quantitative estimate of drug-likeness (QED) is 0.636. The second kappa shape index (κ2) is 5.94. The molecule has 21 heavy (non-hydrogen) atoms. The number of nitrogen functional groups attached to an aromatic ring is 1. The molecule has 2 atom stereocenters. The van der Waals surface area contributed by atoms with Gasteiger partial charge in [0, 0.05) is 23.2 Å². The summed E-state index contributed by atoms with van der Waals surface area (Å²) in [7, 11) is -2.36. The van der Waals surface area contributed by atoms with Gasteiger partial charge in [0.15, 0.2) is 0 Å². The Balaban J connectivity index is 2.31. The van der Waals surface area contributed by atoms with Crippen molar-refractivity contribution in [3.63, 3.8) is 0 Å². The minimum absolute atomic E-state index is 0.0835. The number of carbonyl (C=O) groups is 1. The molecule has 0 saturated carbocycles. The third-order valence-corrected chi connectivity index (χ3v) is 6.46. The number of rotatable bonds is 3. The van der Waals surface area contributed by atoms with Crippen LogP contribution in [0.25, 0.3) is 0 Å². The van der Waals surface area contributed by atoms with Crippen LogP contribution in [0.15, 0.2) is 27.6 Å². The number of hydrogen-bond donors (Lipinski definition) is 1. The lowest BCUT2D eigenvalue weighted by atomic mass is 9.99. The van der Waals surface area contributed by atoms with Crippen LogP contribution < -0.4 is 5.73 Å². The molecule has 1 aliphatic rings. The summed E-state index contributed by atoms with van der Waals surface area (Å²) in [5.41, 5.74) is 6.10. The molecule has 0 bridgehead atoms. The summed E-state index contributed by atoms with van der Waals surface area (Å²) in [5.74, 6) is -0.895. The predicted molar refractivity (Wildman–Crippen MR) is 82.0 cm³/mol. The van der Waals surface area contributed by atoms with Gasteiger partial charge in [-0.2, -0.15) is 4.31 Å². The second-order valence-corrected chi connectivity index (χ2v) is 7.88. The highest BCUT2D eigenvalue weighted by Crippen LogP contribution is 2.32. The van der Waals surface area contributed by atoms with Crippen LogP contribution in [0.1, 0.15) is 6.92 Å². The van der Waals surface area contributed by atoms with Gasteiger partial charge in [-0.1, -0.05) is 6.92 Å². The van der Waals surface area contributed by atoms with E-state index in [-0.39, 0.29) is 23.3 Å². The van der Waals surface area contributed by atoms with Gasteiger partial charge in [0.2, 0.25) is 10.0 Å². The first-order chi connectivity index (χ1) is 9.77. The zero-order valence-electron chi connectivity index (χ0n) is 11.7. The van der Waals surface area contributed by atoms with Crippen molar-refractivity contribution in [1.82, 2.24) is 4.31 Å². The third-order valence-electron chi connectivity index (χ3n) is 3.66. The normalized spacial score (nSPS) is 23.2. The van der Waals surface area contributed by atoms with E-state index in [0.29, 0.717) is 16.7 Å². The van der Waals surface area contributed by atoms with Gasteiger partial charge in [0.05, 0.1) is 17.9 Å². The molecular formula is C13H17BrN2O4S. The van der Waals surface area contributed by atoms with Crippen molar-refractivity contribution in [3.8, 4) is 0 Å². The number of nitrogens with two attached hydrogens (primary N) is 1. The summed E-state index contributed by atoms with van der Waals surface area (Å²) in [6, 6.07) is 4.55. The van der Waals surface area contributed by atoms with E-state index in [2.05, 4.69) is 15.9 Å². The highest BCUT2D eigenvalue weighted by atomic mass is 79.9. The van der Waals surface area contributed by atoms with Crippen LogP contribution in [0.3, 0.4) is 0 Å². The maximum atomic E-state index is 12.7. The Morgan fingerprint density at radius 1 is 1.43 bits per heavy atom. The van der Waals surface area contributed by atoms with Crippen molar-refractivity contribution in [2.75, 3.05) is 25.9 Å². The Labute approximate surface area is 132 Å². The fraction of sp³-hybridized carbons (Fsp3) is 0.462. The smallest absolute Gasteiger partial charge is 0.310 e. The minimum atomic E-state index is -3.67. The topological polar surface area (TPSA) is 89.7 Å². The zero-order valence-corrected chi connectivity index (χ0v) is 14.1. The van der Waals surface area contributed by atoms with Gasteiger partial charge in [0.1, 0.15) is 0 Å². The molecule has 0 aromatic heterocycles. The fourth-order valence-corrected chi connectivity index (χ4v) is 5.06. The van der Waals surface area contributed by atoms with Crippen LogP contribution in [0.4, 0.5) is 5.69 Å². The number of anilines is 1. The fourth-order valence-electron chi connectivity index (χ4n) is 2.44. The van der Waals surface area contributed by atoms with E-state index in [0.717, 1.165) is 0 Å². The average Bonchev–Trinajstić information content (AvgIpc) is 2.80. The van der Waals surface area contributed by atoms with Crippen molar-refractivity contribution in [1.29, 1.82) is 0 Å². The van der Waals surface area contributed by atoms with Gasteiger partial charge in [-0.15, -0.1) is 0 Å². The highest BCUT2D eigenvalue weighted by molar-refractivity contribution is 9.10. The molecule has 116 valence electrons. The van der Waals surface area contributed by atoms with Gasteiger partial charge in [-0.3, -0.25) is 4.79 Å². The van der Waals surface area contributed by atoms with E-state index in [1.165, 1.54) is 23.5 Å². The monoisotopic (exact) mass is 376 g/mol. The largest absolute Gasteiger partial charge is 0.469 e. The molecule has 2 N–H and O–H groups in total. The predicted octanol–water partition coefficient (Wildman–Crippen LogP) is 1.46. The Morgan fingerprint density at radius 3 is 2.67 bits per heavy atom. The lowest BCUT2D eigenvalue weighted by Crippen LogP contribution is -2.30. The first kappa shape index (κ1) is 16.3. The summed E-state index contributed by atoms with van der Waals surface area (Å²) in [4.78, 5) is 11.8. The molecule has 2 rings (SSSR count). The summed E-state index contributed by atoms with van der Waals surface area (Å²) >= 11 is 3.23. The molecule has 1 aliphatic heterocycles. The van der Waals surface area contributed by atoms with Crippen molar-refractivity contribution >= 4 is 37.6 Å². The van der Waals surface area contributed by atoms with Crippen molar-refractivity contribution in [2.24, 2.45) is 11.8 Å². The lowest BCUT2D eigenvalue weighted by Gasteiger charge is -2.17. The molecular weight excluding hydrogens is 360 g/mol. The number of nitrogens with zero attached hydrogens (tertiary/aromatic N) is 1. The Bertz CT molecular complexity index is 662. The van der Waals surface area contributed by atoms with Gasteiger partial charge in [-0.25, -0.2) is 8.42 Å². The highest BCUT2D eigenvalue weighted by Gasteiger charge is 2.41. The number of methoxy groups -OCH3 is 1. The number of esters is 1. The Morgan fingerprint density at radius 2 is 2.10 bits per heavy atom. The van der Waals surface area contributed by atoms with Crippen LogP contribution in [0, 0.1) is 11.8 Å². The first-order valence-corrected chi connectivity index (χ1v) is 8.63. The maximum absolute atomic E-state index is 12.7. The lowest BCUT2D eigenvalue weighted by molar-refractivity contribution is -0.145.